The zero-order valence-corrected chi connectivity index (χ0v) is 11.0. The highest BCUT2D eigenvalue weighted by atomic mass is 15.1. The second kappa shape index (κ2) is 4.65. The predicted molar refractivity (Wildman–Crippen MR) is 73.7 cm³/mol. The van der Waals surface area contributed by atoms with Crippen molar-refractivity contribution < 1.29 is 0 Å². The van der Waals surface area contributed by atoms with Crippen LogP contribution in [0.1, 0.15) is 49.7 Å². The number of nitrogens with zero attached hydrogens (tertiary/aromatic N) is 2. The van der Waals surface area contributed by atoms with Crippen molar-refractivity contribution in [3.63, 3.8) is 0 Å². The minimum Gasteiger partial charge on any atom is -0.371 e. The Labute approximate surface area is 109 Å². The van der Waals surface area contributed by atoms with Crippen LogP contribution in [0.2, 0.25) is 0 Å². The van der Waals surface area contributed by atoms with Crippen LogP contribution in [0.25, 0.3) is 0 Å². The molecule has 1 atom stereocenters. The first-order valence-electron chi connectivity index (χ1n) is 7.07. The number of nitriles is 1. The number of anilines is 1. The van der Waals surface area contributed by atoms with E-state index in [4.69, 9.17) is 5.26 Å². The lowest BCUT2D eigenvalue weighted by molar-refractivity contribution is 0.446. The molecule has 1 saturated heterocycles. The van der Waals surface area contributed by atoms with Gasteiger partial charge in [0, 0.05) is 18.8 Å². The van der Waals surface area contributed by atoms with E-state index in [1.54, 1.807) is 0 Å². The summed E-state index contributed by atoms with van der Waals surface area (Å²) in [6, 6.07) is 8.53. The molecule has 2 fully saturated rings. The van der Waals surface area contributed by atoms with Crippen LogP contribution in [0.3, 0.4) is 0 Å². The van der Waals surface area contributed by atoms with E-state index in [2.05, 4.69) is 30.0 Å². The van der Waals surface area contributed by atoms with Crippen molar-refractivity contribution >= 4 is 5.69 Å². The molecular weight excluding hydrogens is 220 g/mol. The smallest absolute Gasteiger partial charge is 0.0991 e. The van der Waals surface area contributed by atoms with Crippen molar-refractivity contribution in [2.75, 3.05) is 18.0 Å². The monoisotopic (exact) mass is 240 g/mol. The zero-order chi connectivity index (χ0) is 12.5. The number of benzene rings is 1. The van der Waals surface area contributed by atoms with Crippen LogP contribution in [0, 0.1) is 17.2 Å². The predicted octanol–water partition coefficient (Wildman–Crippen LogP) is 3.67. The minimum atomic E-state index is 0.713. The van der Waals surface area contributed by atoms with E-state index in [1.807, 2.05) is 6.07 Å². The van der Waals surface area contributed by atoms with Crippen molar-refractivity contribution in [3.05, 3.63) is 29.3 Å². The molecule has 1 heterocycles. The fraction of sp³-hybridized carbons (Fsp3) is 0.562. The minimum absolute atomic E-state index is 0.713. The summed E-state index contributed by atoms with van der Waals surface area (Å²) >= 11 is 0. The molecule has 94 valence electrons. The quantitative estimate of drug-likeness (QED) is 0.788. The molecule has 0 radical (unpaired) electrons. The SMILES string of the molecule is CC1CCCN(c2ccc(C#N)cc2C2CC2)C1. The molecule has 1 unspecified atom stereocenters. The molecule has 1 aliphatic heterocycles. The van der Waals surface area contributed by atoms with E-state index < -0.39 is 0 Å². The Morgan fingerprint density at radius 2 is 2.11 bits per heavy atom. The van der Waals surface area contributed by atoms with E-state index in [0.717, 1.165) is 11.5 Å². The number of hydrogen-bond acceptors (Lipinski definition) is 2. The normalized spacial score (nSPS) is 23.8. The summed E-state index contributed by atoms with van der Waals surface area (Å²) in [5.41, 5.74) is 3.62. The third-order valence-corrected chi connectivity index (χ3v) is 4.17. The average Bonchev–Trinajstić information content (AvgIpc) is 3.22. The highest BCUT2D eigenvalue weighted by molar-refractivity contribution is 5.59. The Kier molecular flexibility index (Phi) is 2.99. The van der Waals surface area contributed by atoms with Gasteiger partial charge in [-0.15, -0.1) is 0 Å². The molecule has 0 spiro atoms. The van der Waals surface area contributed by atoms with E-state index in [0.29, 0.717) is 5.92 Å². The van der Waals surface area contributed by atoms with Crippen LogP contribution >= 0.6 is 0 Å². The lowest BCUT2D eigenvalue weighted by Gasteiger charge is -2.34. The van der Waals surface area contributed by atoms with E-state index in [9.17, 15) is 0 Å². The fourth-order valence-electron chi connectivity index (χ4n) is 3.04. The summed E-state index contributed by atoms with van der Waals surface area (Å²) < 4.78 is 0. The summed E-state index contributed by atoms with van der Waals surface area (Å²) in [6.45, 7) is 4.69. The third-order valence-electron chi connectivity index (χ3n) is 4.17. The van der Waals surface area contributed by atoms with Crippen LogP contribution in [-0.2, 0) is 0 Å². The highest BCUT2D eigenvalue weighted by Crippen LogP contribution is 2.45. The van der Waals surface area contributed by atoms with E-state index in [1.165, 1.54) is 50.0 Å². The molecule has 2 aliphatic rings. The molecule has 2 heteroatoms. The largest absolute Gasteiger partial charge is 0.371 e. The summed E-state index contributed by atoms with van der Waals surface area (Å²) in [4.78, 5) is 2.53. The first-order valence-corrected chi connectivity index (χ1v) is 7.07. The second-order valence-electron chi connectivity index (χ2n) is 5.85. The summed E-state index contributed by atoms with van der Waals surface area (Å²) in [7, 11) is 0. The van der Waals surface area contributed by atoms with Gasteiger partial charge < -0.3 is 4.90 Å². The Morgan fingerprint density at radius 1 is 1.28 bits per heavy atom. The van der Waals surface area contributed by atoms with Crippen LogP contribution < -0.4 is 4.90 Å². The molecular formula is C16H20N2. The second-order valence-corrected chi connectivity index (χ2v) is 5.85. The molecule has 0 bridgehead atoms. The van der Waals surface area contributed by atoms with Gasteiger partial charge in [-0.2, -0.15) is 5.26 Å². The summed E-state index contributed by atoms with van der Waals surface area (Å²) in [6.07, 6.45) is 5.24. The standard InChI is InChI=1S/C16H20N2/c1-12-3-2-8-18(11-12)16-7-4-13(10-17)9-15(16)14-5-6-14/h4,7,9,12,14H,2-3,5-6,8,11H2,1H3. The Balaban J connectivity index is 1.93. The molecule has 3 rings (SSSR count). The Morgan fingerprint density at radius 3 is 2.78 bits per heavy atom. The van der Waals surface area contributed by atoms with Crippen molar-refractivity contribution in [3.8, 4) is 6.07 Å². The van der Waals surface area contributed by atoms with E-state index >= 15 is 0 Å². The Hall–Kier alpha value is -1.49. The van der Waals surface area contributed by atoms with Gasteiger partial charge in [0.2, 0.25) is 0 Å². The topological polar surface area (TPSA) is 27.0 Å². The lowest BCUT2D eigenvalue weighted by Crippen LogP contribution is -2.34. The van der Waals surface area contributed by atoms with Crippen LogP contribution in [0.4, 0.5) is 5.69 Å². The summed E-state index contributed by atoms with van der Waals surface area (Å²) in [5, 5.41) is 9.04. The Bertz CT molecular complexity index is 482. The first-order chi connectivity index (χ1) is 8.78. The maximum Gasteiger partial charge on any atom is 0.0991 e. The molecule has 0 amide bonds. The van der Waals surface area contributed by atoms with Crippen molar-refractivity contribution in [2.24, 2.45) is 5.92 Å². The van der Waals surface area contributed by atoms with Gasteiger partial charge in [0.25, 0.3) is 0 Å². The fourth-order valence-corrected chi connectivity index (χ4v) is 3.04. The van der Waals surface area contributed by atoms with Gasteiger partial charge in [-0.25, -0.2) is 0 Å². The molecule has 1 aliphatic carbocycles. The first kappa shape index (κ1) is 11.6. The molecule has 1 aromatic carbocycles. The van der Waals surface area contributed by atoms with Gasteiger partial charge in [-0.1, -0.05) is 6.92 Å². The number of hydrogen-bond donors (Lipinski definition) is 0. The van der Waals surface area contributed by atoms with Crippen molar-refractivity contribution in [1.29, 1.82) is 5.26 Å². The van der Waals surface area contributed by atoms with Crippen molar-refractivity contribution in [2.45, 2.75) is 38.5 Å². The van der Waals surface area contributed by atoms with Gasteiger partial charge in [0.15, 0.2) is 0 Å². The zero-order valence-electron chi connectivity index (χ0n) is 11.0. The highest BCUT2D eigenvalue weighted by Gasteiger charge is 2.29. The van der Waals surface area contributed by atoms with Crippen LogP contribution in [-0.4, -0.2) is 13.1 Å². The molecule has 2 nitrogen and oxygen atoms in total. The van der Waals surface area contributed by atoms with Gasteiger partial charge in [-0.3, -0.25) is 0 Å². The molecule has 18 heavy (non-hydrogen) atoms. The van der Waals surface area contributed by atoms with Gasteiger partial charge in [0.1, 0.15) is 0 Å². The molecule has 1 aromatic rings. The van der Waals surface area contributed by atoms with Gasteiger partial charge in [0.05, 0.1) is 11.6 Å². The maximum absolute atomic E-state index is 9.04. The molecule has 0 N–H and O–H groups in total. The number of rotatable bonds is 2. The summed E-state index contributed by atoms with van der Waals surface area (Å²) in [5.74, 6) is 1.51. The maximum atomic E-state index is 9.04. The molecule has 0 aromatic heterocycles. The number of piperidine rings is 1. The van der Waals surface area contributed by atoms with Gasteiger partial charge >= 0.3 is 0 Å². The van der Waals surface area contributed by atoms with Crippen LogP contribution in [0.15, 0.2) is 18.2 Å². The molecule has 1 saturated carbocycles. The lowest BCUT2D eigenvalue weighted by atomic mass is 9.97. The average molecular weight is 240 g/mol. The van der Waals surface area contributed by atoms with Crippen molar-refractivity contribution in [1.82, 2.24) is 0 Å². The van der Waals surface area contributed by atoms with E-state index in [-0.39, 0.29) is 0 Å². The van der Waals surface area contributed by atoms with Gasteiger partial charge in [-0.05, 0) is 61.3 Å². The van der Waals surface area contributed by atoms with Crippen LogP contribution in [0.5, 0.6) is 0 Å². The third kappa shape index (κ3) is 2.22.